The largest absolute Gasteiger partial charge is 0.311 e. The van der Waals surface area contributed by atoms with Crippen molar-refractivity contribution in [1.29, 1.82) is 0 Å². The third-order valence-corrected chi connectivity index (χ3v) is 4.50. The zero-order chi connectivity index (χ0) is 13.9. The molecule has 0 amide bonds. The Morgan fingerprint density at radius 1 is 1.30 bits per heavy atom. The summed E-state index contributed by atoms with van der Waals surface area (Å²) >= 11 is 1.69. The van der Waals surface area contributed by atoms with E-state index in [1.54, 1.807) is 11.3 Å². The van der Waals surface area contributed by atoms with Crippen LogP contribution >= 0.6 is 11.3 Å². The minimum Gasteiger partial charge on any atom is -0.311 e. The van der Waals surface area contributed by atoms with Crippen LogP contribution in [0, 0.1) is 6.92 Å². The molecule has 0 fully saturated rings. The van der Waals surface area contributed by atoms with E-state index < -0.39 is 0 Å². The minimum absolute atomic E-state index is 0.752. The van der Waals surface area contributed by atoms with Gasteiger partial charge in [-0.25, -0.2) is 15.0 Å². The topological polar surface area (TPSA) is 50.7 Å². The fourth-order valence-electron chi connectivity index (χ4n) is 2.63. The molecule has 0 radical (unpaired) electrons. The number of nitrogens with zero attached hydrogens (tertiary/aromatic N) is 3. The number of nitrogens with one attached hydrogen (secondary N) is 1. The highest BCUT2D eigenvalue weighted by Gasteiger charge is 2.17. The lowest BCUT2D eigenvalue weighted by Gasteiger charge is -2.19. The van der Waals surface area contributed by atoms with E-state index in [0.717, 1.165) is 55.3 Å². The van der Waals surface area contributed by atoms with Gasteiger partial charge in [0, 0.05) is 23.3 Å². The van der Waals surface area contributed by atoms with Crippen molar-refractivity contribution in [2.45, 2.75) is 46.1 Å². The van der Waals surface area contributed by atoms with Gasteiger partial charge in [0.1, 0.15) is 10.8 Å². The Balaban J connectivity index is 1.92. The summed E-state index contributed by atoms with van der Waals surface area (Å²) in [5.74, 6) is 0.922. The normalized spacial score (nSPS) is 14.3. The lowest BCUT2D eigenvalue weighted by atomic mass is 10.0. The second-order valence-corrected chi connectivity index (χ2v) is 6.19. The fraction of sp³-hybridized carbons (Fsp3) is 0.533. The molecular formula is C15H20N4S. The summed E-state index contributed by atoms with van der Waals surface area (Å²) < 4.78 is 0. The van der Waals surface area contributed by atoms with Gasteiger partial charge in [-0.3, -0.25) is 0 Å². The first-order chi connectivity index (χ1) is 9.76. The van der Waals surface area contributed by atoms with E-state index >= 15 is 0 Å². The molecule has 0 saturated carbocycles. The lowest BCUT2D eigenvalue weighted by Crippen LogP contribution is -2.27. The SMILES string of the molecule is CCCc1nc(Cc2nc(C)cs2)nc2c1CCNC2. The number of thiazole rings is 1. The molecule has 4 nitrogen and oxygen atoms in total. The standard InChI is InChI=1S/C15H20N4S/c1-3-4-12-11-5-6-16-8-13(11)19-14(18-12)7-15-17-10(2)9-20-15/h9,16H,3-8H2,1-2H3. The van der Waals surface area contributed by atoms with Gasteiger partial charge in [0.05, 0.1) is 12.1 Å². The van der Waals surface area contributed by atoms with Crippen LogP contribution in [0.3, 0.4) is 0 Å². The molecule has 1 aliphatic heterocycles. The van der Waals surface area contributed by atoms with Crippen molar-refractivity contribution in [3.05, 3.63) is 38.9 Å². The molecule has 0 saturated heterocycles. The van der Waals surface area contributed by atoms with Crippen LogP contribution in [0.25, 0.3) is 0 Å². The monoisotopic (exact) mass is 288 g/mol. The molecule has 0 bridgehead atoms. The van der Waals surface area contributed by atoms with Gasteiger partial charge in [-0.05, 0) is 31.9 Å². The predicted molar refractivity (Wildman–Crippen MR) is 81.1 cm³/mol. The third kappa shape index (κ3) is 2.88. The first kappa shape index (κ1) is 13.6. The van der Waals surface area contributed by atoms with E-state index in [9.17, 15) is 0 Å². The summed E-state index contributed by atoms with van der Waals surface area (Å²) in [6, 6.07) is 0. The van der Waals surface area contributed by atoms with Crippen LogP contribution in [0.2, 0.25) is 0 Å². The highest BCUT2D eigenvalue weighted by molar-refractivity contribution is 7.09. The molecule has 106 valence electrons. The summed E-state index contributed by atoms with van der Waals surface area (Å²) in [7, 11) is 0. The Morgan fingerprint density at radius 3 is 2.95 bits per heavy atom. The average molecular weight is 288 g/mol. The quantitative estimate of drug-likeness (QED) is 0.939. The maximum Gasteiger partial charge on any atom is 0.135 e. The maximum atomic E-state index is 4.81. The predicted octanol–water partition coefficient (Wildman–Crippen LogP) is 2.43. The van der Waals surface area contributed by atoms with E-state index in [0.29, 0.717) is 0 Å². The molecule has 5 heteroatoms. The molecular weight excluding hydrogens is 268 g/mol. The average Bonchev–Trinajstić information content (AvgIpc) is 2.84. The van der Waals surface area contributed by atoms with Gasteiger partial charge in [0.25, 0.3) is 0 Å². The van der Waals surface area contributed by atoms with Gasteiger partial charge >= 0.3 is 0 Å². The van der Waals surface area contributed by atoms with Crippen molar-refractivity contribution in [3.63, 3.8) is 0 Å². The van der Waals surface area contributed by atoms with Crippen molar-refractivity contribution >= 4 is 11.3 Å². The Kier molecular flexibility index (Phi) is 4.08. The zero-order valence-corrected chi connectivity index (χ0v) is 12.9. The molecule has 0 aliphatic carbocycles. The Bertz CT molecular complexity index is 606. The molecule has 3 rings (SSSR count). The number of hydrogen-bond donors (Lipinski definition) is 1. The molecule has 0 unspecified atom stereocenters. The van der Waals surface area contributed by atoms with Crippen LogP contribution in [-0.2, 0) is 25.8 Å². The summed E-state index contributed by atoms with van der Waals surface area (Å²) in [6.07, 6.45) is 3.99. The summed E-state index contributed by atoms with van der Waals surface area (Å²) in [4.78, 5) is 14.1. The van der Waals surface area contributed by atoms with Crippen molar-refractivity contribution in [2.75, 3.05) is 6.54 Å². The molecule has 3 heterocycles. The number of aromatic nitrogens is 3. The molecule has 2 aromatic heterocycles. The summed E-state index contributed by atoms with van der Waals surface area (Å²) in [6.45, 7) is 6.15. The molecule has 0 atom stereocenters. The van der Waals surface area contributed by atoms with Crippen molar-refractivity contribution in [1.82, 2.24) is 20.3 Å². The first-order valence-corrected chi connectivity index (χ1v) is 8.13. The van der Waals surface area contributed by atoms with Gasteiger partial charge in [0.15, 0.2) is 0 Å². The van der Waals surface area contributed by atoms with E-state index in [4.69, 9.17) is 9.97 Å². The van der Waals surface area contributed by atoms with Crippen LogP contribution in [0.15, 0.2) is 5.38 Å². The van der Waals surface area contributed by atoms with E-state index in [-0.39, 0.29) is 0 Å². The Morgan fingerprint density at radius 2 is 2.20 bits per heavy atom. The molecule has 20 heavy (non-hydrogen) atoms. The van der Waals surface area contributed by atoms with E-state index in [1.165, 1.54) is 17.0 Å². The van der Waals surface area contributed by atoms with E-state index in [2.05, 4.69) is 22.6 Å². The lowest BCUT2D eigenvalue weighted by molar-refractivity contribution is 0.607. The molecule has 0 aromatic carbocycles. The zero-order valence-electron chi connectivity index (χ0n) is 12.1. The van der Waals surface area contributed by atoms with Crippen LogP contribution in [-0.4, -0.2) is 21.5 Å². The Labute approximate surface area is 123 Å². The van der Waals surface area contributed by atoms with Crippen molar-refractivity contribution in [3.8, 4) is 0 Å². The van der Waals surface area contributed by atoms with Crippen LogP contribution in [0.1, 0.15) is 46.8 Å². The summed E-state index contributed by atoms with van der Waals surface area (Å²) in [5.41, 5.74) is 4.91. The van der Waals surface area contributed by atoms with Crippen molar-refractivity contribution in [2.24, 2.45) is 0 Å². The number of rotatable bonds is 4. The highest BCUT2D eigenvalue weighted by atomic mass is 32.1. The van der Waals surface area contributed by atoms with Crippen LogP contribution < -0.4 is 5.32 Å². The Hall–Kier alpha value is -1.33. The van der Waals surface area contributed by atoms with Gasteiger partial charge < -0.3 is 5.32 Å². The molecule has 1 aliphatic rings. The number of hydrogen-bond acceptors (Lipinski definition) is 5. The highest BCUT2D eigenvalue weighted by Crippen LogP contribution is 2.19. The third-order valence-electron chi connectivity index (χ3n) is 3.53. The number of aryl methyl sites for hydroxylation is 2. The fourth-order valence-corrected chi connectivity index (χ4v) is 3.40. The number of fused-ring (bicyclic) bond motifs is 1. The first-order valence-electron chi connectivity index (χ1n) is 7.25. The van der Waals surface area contributed by atoms with Crippen LogP contribution in [0.5, 0.6) is 0 Å². The second kappa shape index (κ2) is 5.97. The molecule has 2 aromatic rings. The van der Waals surface area contributed by atoms with Gasteiger partial charge in [0.2, 0.25) is 0 Å². The second-order valence-electron chi connectivity index (χ2n) is 5.25. The summed E-state index contributed by atoms with van der Waals surface area (Å²) in [5, 5.41) is 6.59. The van der Waals surface area contributed by atoms with E-state index in [1.807, 2.05) is 6.92 Å². The van der Waals surface area contributed by atoms with Crippen LogP contribution in [0.4, 0.5) is 0 Å². The van der Waals surface area contributed by atoms with Gasteiger partial charge in [-0.2, -0.15) is 0 Å². The maximum absolute atomic E-state index is 4.81. The molecule has 0 spiro atoms. The van der Waals surface area contributed by atoms with Gasteiger partial charge in [-0.1, -0.05) is 13.3 Å². The molecule has 1 N–H and O–H groups in total. The van der Waals surface area contributed by atoms with Gasteiger partial charge in [-0.15, -0.1) is 11.3 Å². The van der Waals surface area contributed by atoms with Crippen molar-refractivity contribution < 1.29 is 0 Å². The minimum atomic E-state index is 0.752. The smallest absolute Gasteiger partial charge is 0.135 e.